The molecule has 2 nitrogen and oxygen atoms in total. The molecule has 1 rings (SSSR count). The van der Waals surface area contributed by atoms with Gasteiger partial charge >= 0.3 is 0 Å². The van der Waals surface area contributed by atoms with Crippen molar-refractivity contribution < 1.29 is 0 Å². The molecule has 0 aromatic heterocycles. The quantitative estimate of drug-likeness (QED) is 0.357. The molecule has 0 saturated heterocycles. The highest BCUT2D eigenvalue weighted by atomic mass is 15.2. The third-order valence-corrected chi connectivity index (χ3v) is 4.05. The van der Waals surface area contributed by atoms with Gasteiger partial charge in [-0.15, -0.1) is 0 Å². The van der Waals surface area contributed by atoms with Crippen LogP contribution in [0.15, 0.2) is 0 Å². The van der Waals surface area contributed by atoms with Crippen LogP contribution in [0.3, 0.4) is 0 Å². The minimum absolute atomic E-state index is 0.591. The van der Waals surface area contributed by atoms with Crippen LogP contribution in [0, 0.1) is 5.92 Å². The molecule has 0 aromatic carbocycles. The fourth-order valence-corrected chi connectivity index (χ4v) is 2.96. The molecule has 1 saturated carbocycles. The molecule has 0 heterocycles. The SMILES string of the molecule is CCCCCCCCC(NN)C1CCCC1. The molecule has 0 spiro atoms. The van der Waals surface area contributed by atoms with Crippen LogP contribution in [-0.2, 0) is 0 Å². The molecule has 2 heteroatoms. The van der Waals surface area contributed by atoms with Crippen molar-refractivity contribution in [2.45, 2.75) is 83.6 Å². The van der Waals surface area contributed by atoms with E-state index in [0.717, 1.165) is 5.92 Å². The lowest BCUT2D eigenvalue weighted by Gasteiger charge is -2.22. The van der Waals surface area contributed by atoms with Gasteiger partial charge in [-0.3, -0.25) is 11.3 Å². The van der Waals surface area contributed by atoms with Crippen molar-refractivity contribution in [3.05, 3.63) is 0 Å². The van der Waals surface area contributed by atoms with E-state index in [2.05, 4.69) is 12.3 Å². The van der Waals surface area contributed by atoms with E-state index in [0.29, 0.717) is 6.04 Å². The molecule has 0 bridgehead atoms. The van der Waals surface area contributed by atoms with Crippen LogP contribution in [0.1, 0.15) is 77.6 Å². The Labute approximate surface area is 101 Å². The van der Waals surface area contributed by atoms with Gasteiger partial charge in [-0.2, -0.15) is 0 Å². The summed E-state index contributed by atoms with van der Waals surface area (Å²) in [5.74, 6) is 6.53. The van der Waals surface area contributed by atoms with Crippen molar-refractivity contribution in [2.24, 2.45) is 11.8 Å². The Morgan fingerprint density at radius 1 is 1.06 bits per heavy atom. The number of rotatable bonds is 9. The highest BCUT2D eigenvalue weighted by Crippen LogP contribution is 2.29. The van der Waals surface area contributed by atoms with Crippen LogP contribution in [0.2, 0.25) is 0 Å². The second kappa shape index (κ2) is 9.00. The topological polar surface area (TPSA) is 38.0 Å². The molecule has 1 aliphatic carbocycles. The Morgan fingerprint density at radius 3 is 2.31 bits per heavy atom. The molecule has 16 heavy (non-hydrogen) atoms. The fourth-order valence-electron chi connectivity index (χ4n) is 2.96. The molecule has 0 amide bonds. The van der Waals surface area contributed by atoms with Crippen molar-refractivity contribution in [1.29, 1.82) is 0 Å². The van der Waals surface area contributed by atoms with E-state index in [-0.39, 0.29) is 0 Å². The van der Waals surface area contributed by atoms with Gasteiger partial charge in [0.15, 0.2) is 0 Å². The van der Waals surface area contributed by atoms with Gasteiger partial charge in [0.05, 0.1) is 0 Å². The summed E-state index contributed by atoms with van der Waals surface area (Å²) in [6.07, 6.45) is 15.2. The van der Waals surface area contributed by atoms with Crippen molar-refractivity contribution in [2.75, 3.05) is 0 Å². The second-order valence-corrected chi connectivity index (χ2v) is 5.37. The third kappa shape index (κ3) is 5.31. The number of hydrogen-bond donors (Lipinski definition) is 2. The zero-order chi connectivity index (χ0) is 11.6. The first-order valence-corrected chi connectivity index (χ1v) is 7.34. The molecule has 96 valence electrons. The summed E-state index contributed by atoms with van der Waals surface area (Å²) in [4.78, 5) is 0. The summed E-state index contributed by atoms with van der Waals surface area (Å²) in [6, 6.07) is 0.591. The first kappa shape index (κ1) is 14.0. The van der Waals surface area contributed by atoms with Crippen molar-refractivity contribution in [3.63, 3.8) is 0 Å². The zero-order valence-electron chi connectivity index (χ0n) is 11.0. The summed E-state index contributed by atoms with van der Waals surface area (Å²) in [5, 5.41) is 0. The smallest absolute Gasteiger partial charge is 0.0238 e. The van der Waals surface area contributed by atoms with E-state index >= 15 is 0 Å². The largest absolute Gasteiger partial charge is 0.271 e. The highest BCUT2D eigenvalue weighted by Gasteiger charge is 2.23. The van der Waals surface area contributed by atoms with E-state index in [1.165, 1.54) is 70.6 Å². The molecule has 1 aliphatic rings. The summed E-state index contributed by atoms with van der Waals surface area (Å²) < 4.78 is 0. The maximum absolute atomic E-state index is 5.67. The lowest BCUT2D eigenvalue weighted by Crippen LogP contribution is -2.39. The van der Waals surface area contributed by atoms with E-state index < -0.39 is 0 Å². The number of nitrogens with one attached hydrogen (secondary N) is 1. The maximum Gasteiger partial charge on any atom is 0.0238 e. The van der Waals surface area contributed by atoms with Crippen LogP contribution in [-0.4, -0.2) is 6.04 Å². The van der Waals surface area contributed by atoms with Gasteiger partial charge in [-0.25, -0.2) is 0 Å². The first-order valence-electron chi connectivity index (χ1n) is 7.34. The maximum atomic E-state index is 5.67. The van der Waals surface area contributed by atoms with Gasteiger partial charge in [0, 0.05) is 6.04 Å². The minimum atomic E-state index is 0.591. The second-order valence-electron chi connectivity index (χ2n) is 5.37. The molecule has 1 fully saturated rings. The molecule has 3 N–H and O–H groups in total. The predicted octanol–water partition coefficient (Wildman–Crippen LogP) is 3.76. The zero-order valence-corrected chi connectivity index (χ0v) is 11.0. The Kier molecular flexibility index (Phi) is 7.87. The lowest BCUT2D eigenvalue weighted by molar-refractivity contribution is 0.334. The van der Waals surface area contributed by atoms with Crippen LogP contribution in [0.5, 0.6) is 0 Å². The van der Waals surface area contributed by atoms with Gasteiger partial charge in [0.1, 0.15) is 0 Å². The molecule has 0 aliphatic heterocycles. The van der Waals surface area contributed by atoms with E-state index in [1.807, 2.05) is 0 Å². The summed E-state index contributed by atoms with van der Waals surface area (Å²) in [7, 11) is 0. The number of hydrazine groups is 1. The Morgan fingerprint density at radius 2 is 1.69 bits per heavy atom. The summed E-state index contributed by atoms with van der Waals surface area (Å²) >= 11 is 0. The molecule has 1 unspecified atom stereocenters. The van der Waals surface area contributed by atoms with Gasteiger partial charge in [-0.1, -0.05) is 58.3 Å². The summed E-state index contributed by atoms with van der Waals surface area (Å²) in [6.45, 7) is 2.27. The van der Waals surface area contributed by atoms with E-state index in [9.17, 15) is 0 Å². The Balaban J connectivity index is 2.00. The number of nitrogens with two attached hydrogens (primary N) is 1. The van der Waals surface area contributed by atoms with Crippen molar-refractivity contribution >= 4 is 0 Å². The normalized spacial score (nSPS) is 19.1. The molecule has 0 radical (unpaired) electrons. The fraction of sp³-hybridized carbons (Fsp3) is 1.00. The standard InChI is InChI=1S/C14H30N2/c1-2-3-4-5-6-7-12-14(16-15)13-10-8-9-11-13/h13-14,16H,2-12,15H2,1H3. The van der Waals surface area contributed by atoms with Crippen LogP contribution >= 0.6 is 0 Å². The predicted molar refractivity (Wildman–Crippen MR) is 71.1 cm³/mol. The average molecular weight is 226 g/mol. The average Bonchev–Trinajstić information content (AvgIpc) is 2.82. The lowest BCUT2D eigenvalue weighted by atomic mass is 9.93. The van der Waals surface area contributed by atoms with Gasteiger partial charge in [-0.05, 0) is 25.2 Å². The van der Waals surface area contributed by atoms with Crippen molar-refractivity contribution in [1.82, 2.24) is 5.43 Å². The van der Waals surface area contributed by atoms with Crippen molar-refractivity contribution in [3.8, 4) is 0 Å². The summed E-state index contributed by atoms with van der Waals surface area (Å²) in [5.41, 5.74) is 3.05. The van der Waals surface area contributed by atoms with Gasteiger partial charge < -0.3 is 0 Å². The third-order valence-electron chi connectivity index (χ3n) is 4.05. The first-order chi connectivity index (χ1) is 7.88. The monoisotopic (exact) mass is 226 g/mol. The molecule has 0 aromatic rings. The molecular formula is C14H30N2. The van der Waals surface area contributed by atoms with Gasteiger partial charge in [0.2, 0.25) is 0 Å². The van der Waals surface area contributed by atoms with Gasteiger partial charge in [0.25, 0.3) is 0 Å². The van der Waals surface area contributed by atoms with E-state index in [1.54, 1.807) is 0 Å². The highest BCUT2D eigenvalue weighted by molar-refractivity contribution is 4.78. The molecular weight excluding hydrogens is 196 g/mol. The minimum Gasteiger partial charge on any atom is -0.271 e. The number of unbranched alkanes of at least 4 members (excludes halogenated alkanes) is 5. The van der Waals surface area contributed by atoms with E-state index in [4.69, 9.17) is 5.84 Å². The molecule has 1 atom stereocenters. The number of hydrogen-bond acceptors (Lipinski definition) is 2. The van der Waals surface area contributed by atoms with Crippen LogP contribution < -0.4 is 11.3 Å². The van der Waals surface area contributed by atoms with Crippen LogP contribution in [0.25, 0.3) is 0 Å². The van der Waals surface area contributed by atoms with Crippen LogP contribution in [0.4, 0.5) is 0 Å². The Hall–Kier alpha value is -0.0800. The Bertz CT molecular complexity index is 153.